The molecule has 0 amide bonds. The van der Waals surface area contributed by atoms with Gasteiger partial charge in [-0.1, -0.05) is 55.5 Å². The molecule has 0 saturated carbocycles. The Hall–Kier alpha value is -2.56. The van der Waals surface area contributed by atoms with Crippen LogP contribution in [0.25, 0.3) is 5.53 Å². The summed E-state index contributed by atoms with van der Waals surface area (Å²) < 4.78 is 24.8. The molecule has 0 fully saturated rings. The van der Waals surface area contributed by atoms with Crippen molar-refractivity contribution < 1.29 is 18.0 Å². The predicted molar refractivity (Wildman–Crippen MR) is 91.4 cm³/mol. The van der Waals surface area contributed by atoms with Crippen molar-refractivity contribution in [2.45, 2.75) is 30.6 Å². The van der Waals surface area contributed by atoms with Crippen molar-refractivity contribution >= 4 is 20.7 Å². The molecule has 6 heteroatoms. The summed E-state index contributed by atoms with van der Waals surface area (Å²) in [5.74, 6) is -0.598. The fourth-order valence-electron chi connectivity index (χ4n) is 2.37. The molecular weight excluding hydrogens is 324 g/mol. The molecular formula is C18H18N2O3S. The van der Waals surface area contributed by atoms with Crippen LogP contribution in [-0.2, 0) is 14.6 Å². The summed E-state index contributed by atoms with van der Waals surface area (Å²) in [6.07, 6.45) is 0.452. The first-order valence-electron chi connectivity index (χ1n) is 7.57. The van der Waals surface area contributed by atoms with Crippen molar-refractivity contribution in [3.05, 3.63) is 71.8 Å². The average molecular weight is 342 g/mol. The molecule has 0 aliphatic carbocycles. The number of benzene rings is 2. The molecule has 2 aromatic rings. The van der Waals surface area contributed by atoms with Crippen molar-refractivity contribution in [1.82, 2.24) is 0 Å². The van der Waals surface area contributed by atoms with Crippen LogP contribution in [0.2, 0.25) is 0 Å². The molecule has 0 aromatic heterocycles. The second-order valence-electron chi connectivity index (χ2n) is 5.50. The van der Waals surface area contributed by atoms with Gasteiger partial charge in [0.25, 0.3) is 15.6 Å². The van der Waals surface area contributed by atoms with Crippen molar-refractivity contribution in [1.29, 1.82) is 0 Å². The van der Waals surface area contributed by atoms with Crippen LogP contribution in [0.15, 0.2) is 65.6 Å². The van der Waals surface area contributed by atoms with Gasteiger partial charge in [-0.05, 0) is 30.0 Å². The van der Waals surface area contributed by atoms with E-state index in [0.717, 1.165) is 5.56 Å². The van der Waals surface area contributed by atoms with E-state index in [1.807, 2.05) is 37.3 Å². The van der Waals surface area contributed by atoms with Gasteiger partial charge in [-0.25, -0.2) is 8.42 Å². The van der Waals surface area contributed by atoms with E-state index in [9.17, 15) is 13.2 Å². The zero-order valence-electron chi connectivity index (χ0n) is 13.3. The fourth-order valence-corrected chi connectivity index (χ4v) is 3.62. The highest BCUT2D eigenvalue weighted by atomic mass is 32.2. The molecule has 0 aliphatic rings. The third-order valence-corrected chi connectivity index (χ3v) is 5.52. The van der Waals surface area contributed by atoms with Gasteiger partial charge in [0.15, 0.2) is 0 Å². The van der Waals surface area contributed by atoms with E-state index in [4.69, 9.17) is 5.53 Å². The minimum Gasteiger partial charge on any atom is -0.360 e. The molecule has 0 aliphatic heterocycles. The first kappa shape index (κ1) is 17.8. The summed E-state index contributed by atoms with van der Waals surface area (Å²) in [6.45, 7) is 1.96. The van der Waals surface area contributed by atoms with E-state index >= 15 is 0 Å². The van der Waals surface area contributed by atoms with E-state index in [0.29, 0.717) is 6.42 Å². The van der Waals surface area contributed by atoms with Crippen LogP contribution in [0.4, 0.5) is 0 Å². The molecule has 2 rings (SSSR count). The summed E-state index contributed by atoms with van der Waals surface area (Å²) in [5, 5.41) is -0.811. The standard InChI is InChI=1S/C18H18N2O3S/c1-14(15-8-4-2-5-9-15)12-13-17(21)18(20-19)24(22,23)16-10-6-3-7-11-16/h2-11,14H,12-13H2,1H3. The van der Waals surface area contributed by atoms with E-state index in [2.05, 4.69) is 4.79 Å². The molecule has 24 heavy (non-hydrogen) atoms. The first-order chi connectivity index (χ1) is 11.5. The van der Waals surface area contributed by atoms with Gasteiger partial charge in [0, 0.05) is 6.42 Å². The lowest BCUT2D eigenvalue weighted by molar-refractivity contribution is -0.116. The van der Waals surface area contributed by atoms with Gasteiger partial charge < -0.3 is 5.53 Å². The quantitative estimate of drug-likeness (QED) is 0.349. The molecule has 2 aromatic carbocycles. The molecule has 124 valence electrons. The van der Waals surface area contributed by atoms with Crippen molar-refractivity contribution in [2.24, 2.45) is 0 Å². The number of nitrogens with zero attached hydrogens (tertiary/aromatic N) is 2. The summed E-state index contributed by atoms with van der Waals surface area (Å²) in [7, 11) is -4.11. The number of rotatable bonds is 6. The Balaban J connectivity index is 2.12. The summed E-state index contributed by atoms with van der Waals surface area (Å²) in [5.41, 5.74) is 10.1. The summed E-state index contributed by atoms with van der Waals surface area (Å²) >= 11 is 0. The Labute approximate surface area is 141 Å². The zero-order valence-corrected chi connectivity index (χ0v) is 14.1. The van der Waals surface area contributed by atoms with Crippen LogP contribution in [0.3, 0.4) is 0 Å². The second kappa shape index (κ2) is 7.81. The normalized spacial score (nSPS) is 12.2. The SMILES string of the molecule is CC(CCC(=O)C(=[N+]=[N-])S(=O)(=O)c1ccccc1)c1ccccc1. The molecule has 0 radical (unpaired) electrons. The third kappa shape index (κ3) is 4.04. The highest BCUT2D eigenvalue weighted by Crippen LogP contribution is 2.21. The van der Waals surface area contributed by atoms with Crippen molar-refractivity contribution in [3.63, 3.8) is 0 Å². The topological polar surface area (TPSA) is 87.6 Å². The fraction of sp³-hybridized carbons (Fsp3) is 0.222. The lowest BCUT2D eigenvalue weighted by Gasteiger charge is -2.10. The molecule has 0 heterocycles. The smallest absolute Gasteiger partial charge is 0.360 e. The Kier molecular flexibility index (Phi) is 5.79. The van der Waals surface area contributed by atoms with Gasteiger partial charge in [0.05, 0.1) is 4.90 Å². The monoisotopic (exact) mass is 342 g/mol. The van der Waals surface area contributed by atoms with Gasteiger partial charge >= 0.3 is 5.04 Å². The summed E-state index contributed by atoms with van der Waals surface area (Å²) in [6, 6.07) is 17.1. The van der Waals surface area contributed by atoms with Gasteiger partial charge in [-0.15, -0.1) is 4.79 Å². The third-order valence-electron chi connectivity index (χ3n) is 3.81. The zero-order chi connectivity index (χ0) is 17.6. The molecule has 0 bridgehead atoms. The van der Waals surface area contributed by atoms with Crippen LogP contribution >= 0.6 is 0 Å². The van der Waals surface area contributed by atoms with E-state index in [-0.39, 0.29) is 17.2 Å². The molecule has 1 unspecified atom stereocenters. The van der Waals surface area contributed by atoms with Crippen molar-refractivity contribution in [2.75, 3.05) is 0 Å². The average Bonchev–Trinajstić information content (AvgIpc) is 2.61. The van der Waals surface area contributed by atoms with Crippen LogP contribution < -0.4 is 0 Å². The maximum Gasteiger partial charge on any atom is 0.451 e. The Morgan fingerprint density at radius 3 is 2.12 bits per heavy atom. The predicted octanol–water partition coefficient (Wildman–Crippen LogP) is 3.24. The summed E-state index contributed by atoms with van der Waals surface area (Å²) in [4.78, 5) is 15.0. The van der Waals surface area contributed by atoms with Crippen LogP contribution in [0.1, 0.15) is 31.2 Å². The number of ketones is 1. The number of carbonyl (C=O) groups is 1. The van der Waals surface area contributed by atoms with E-state index in [1.54, 1.807) is 18.2 Å². The maximum absolute atomic E-state index is 12.4. The molecule has 5 nitrogen and oxygen atoms in total. The van der Waals surface area contributed by atoms with E-state index in [1.165, 1.54) is 12.1 Å². The van der Waals surface area contributed by atoms with Crippen LogP contribution in [-0.4, -0.2) is 24.0 Å². The molecule has 0 saturated heterocycles. The Morgan fingerprint density at radius 2 is 1.58 bits per heavy atom. The number of sulfone groups is 1. The van der Waals surface area contributed by atoms with Crippen LogP contribution in [0.5, 0.6) is 0 Å². The van der Waals surface area contributed by atoms with Gasteiger partial charge in [0.2, 0.25) is 0 Å². The minimum atomic E-state index is -4.11. The van der Waals surface area contributed by atoms with Gasteiger partial charge in [0.1, 0.15) is 0 Å². The number of hydrogen-bond donors (Lipinski definition) is 0. The lowest BCUT2D eigenvalue weighted by atomic mass is 9.95. The van der Waals surface area contributed by atoms with E-state index < -0.39 is 20.7 Å². The minimum absolute atomic E-state index is 0.0124. The highest BCUT2D eigenvalue weighted by Gasteiger charge is 2.36. The number of Topliss-reactive ketones (excluding diaryl/α,β-unsaturated/α-hetero) is 1. The Morgan fingerprint density at radius 1 is 1.04 bits per heavy atom. The highest BCUT2D eigenvalue weighted by molar-refractivity contribution is 8.08. The largest absolute Gasteiger partial charge is 0.451 e. The second-order valence-corrected chi connectivity index (χ2v) is 7.36. The number of carbonyl (C=O) groups excluding carboxylic acids is 1. The first-order valence-corrected chi connectivity index (χ1v) is 9.05. The van der Waals surface area contributed by atoms with Gasteiger partial charge in [-0.2, -0.15) is 0 Å². The van der Waals surface area contributed by atoms with Crippen molar-refractivity contribution in [3.8, 4) is 0 Å². The maximum atomic E-state index is 12.4. The molecule has 0 spiro atoms. The molecule has 0 N–H and O–H groups in total. The lowest BCUT2D eigenvalue weighted by Crippen LogP contribution is -2.26. The van der Waals surface area contributed by atoms with Crippen LogP contribution in [0, 0.1) is 0 Å². The molecule has 1 atom stereocenters. The number of hydrogen-bond acceptors (Lipinski definition) is 3. The Bertz CT molecular complexity index is 856. The van der Waals surface area contributed by atoms with Gasteiger partial charge in [-0.3, -0.25) is 4.79 Å².